The van der Waals surface area contributed by atoms with Crippen molar-refractivity contribution >= 4 is 69.1 Å². The van der Waals surface area contributed by atoms with E-state index in [1.807, 2.05) is 0 Å². The minimum atomic E-state index is -5.58. The van der Waals surface area contributed by atoms with Gasteiger partial charge in [0.2, 0.25) is 11.8 Å². The van der Waals surface area contributed by atoms with E-state index < -0.39 is 84.6 Å². The highest BCUT2D eigenvalue weighted by Crippen LogP contribution is 2.61. The van der Waals surface area contributed by atoms with Crippen LogP contribution in [0.1, 0.15) is 123 Å². The third-order valence-corrected chi connectivity index (χ3v) is 14.6. The van der Waals surface area contributed by atoms with Crippen LogP contribution in [0.25, 0.3) is 11.2 Å². The monoisotopic (exact) mass is 1060 g/mol. The van der Waals surface area contributed by atoms with Crippen LogP contribution in [0.5, 0.6) is 0 Å². The number of unbranched alkanes of at least 4 members (excludes halogenated alkanes) is 10. The molecule has 2 aromatic heterocycles. The number of hydrogen-bond acceptors (Lipinski definition) is 18. The normalized spacial score (nSPS) is 20.1. The Kier molecular flexibility index (Phi) is 26.4. The van der Waals surface area contributed by atoms with Crippen LogP contribution in [-0.4, -0.2) is 123 Å². The summed E-state index contributed by atoms with van der Waals surface area (Å²) in [6.45, 7) is 2.78. The zero-order chi connectivity index (χ0) is 51.1. The number of aliphatic hydroxyl groups is 2. The summed E-state index contributed by atoms with van der Waals surface area (Å²) in [6, 6.07) is 0. The van der Waals surface area contributed by atoms with Crippen LogP contribution >= 0.6 is 35.2 Å². The molecule has 10 N–H and O–H groups in total. The number of carbonyl (C=O) groups excluding carboxylic acids is 3. The number of ether oxygens (including phenoxy) is 1. The van der Waals surface area contributed by atoms with E-state index in [1.165, 1.54) is 58.8 Å². The molecule has 0 bridgehead atoms. The molecular formula is C41H70N7O17P3S. The smallest absolute Gasteiger partial charge is 0.386 e. The van der Waals surface area contributed by atoms with Crippen LogP contribution in [-0.2, 0) is 50.7 Å². The lowest BCUT2D eigenvalue weighted by Gasteiger charge is -2.30. The summed E-state index contributed by atoms with van der Waals surface area (Å²) in [5, 5.41) is 26.7. The summed E-state index contributed by atoms with van der Waals surface area (Å²) in [5.74, 6) is -1.04. The van der Waals surface area contributed by atoms with Crippen molar-refractivity contribution in [2.75, 3.05) is 37.8 Å². The molecule has 392 valence electrons. The molecule has 0 radical (unpaired) electrons. The van der Waals surface area contributed by atoms with Crippen molar-refractivity contribution in [3.05, 3.63) is 37.0 Å². The fraction of sp³-hybridized carbons (Fsp3) is 0.707. The number of anilines is 1. The summed E-state index contributed by atoms with van der Waals surface area (Å²) >= 11 is 1.15. The maximum atomic E-state index is 12.7. The van der Waals surface area contributed by atoms with Crippen LogP contribution < -0.4 is 16.4 Å². The number of nitrogen functional groups attached to an aromatic ring is 1. The number of imidazole rings is 1. The molecule has 69 heavy (non-hydrogen) atoms. The number of carbonyl (C=O) groups is 3. The van der Waals surface area contributed by atoms with E-state index in [-0.39, 0.29) is 41.6 Å². The molecule has 4 unspecified atom stereocenters. The van der Waals surface area contributed by atoms with E-state index in [9.17, 15) is 57.9 Å². The van der Waals surface area contributed by atoms with Crippen LogP contribution in [0.2, 0.25) is 0 Å². The van der Waals surface area contributed by atoms with Crippen molar-refractivity contribution in [1.29, 1.82) is 0 Å². The van der Waals surface area contributed by atoms with Crippen molar-refractivity contribution in [2.24, 2.45) is 5.41 Å². The van der Waals surface area contributed by atoms with Gasteiger partial charge in [0, 0.05) is 37.1 Å². The van der Waals surface area contributed by atoms with E-state index in [1.54, 1.807) is 0 Å². The minimum Gasteiger partial charge on any atom is -0.386 e. The molecule has 0 aliphatic carbocycles. The molecule has 0 aromatic carbocycles. The quantitative estimate of drug-likeness (QED) is 0.0241. The Morgan fingerprint density at radius 2 is 1.52 bits per heavy atom. The number of nitrogens with one attached hydrogen (secondary N) is 2. The summed E-state index contributed by atoms with van der Waals surface area (Å²) in [7, 11) is -16.4. The molecule has 24 nitrogen and oxygen atoms in total. The summed E-state index contributed by atoms with van der Waals surface area (Å²) in [5.41, 5.74) is 4.29. The molecule has 1 aliphatic rings. The highest BCUT2D eigenvalue weighted by Gasteiger charge is 2.50. The number of aliphatic hydroxyl groups excluding tert-OH is 2. The van der Waals surface area contributed by atoms with E-state index in [0.29, 0.717) is 12.2 Å². The Morgan fingerprint density at radius 1 is 0.884 bits per heavy atom. The van der Waals surface area contributed by atoms with Gasteiger partial charge in [-0.1, -0.05) is 102 Å². The fourth-order valence-corrected chi connectivity index (χ4v) is 10.4. The van der Waals surface area contributed by atoms with Crippen LogP contribution in [0.3, 0.4) is 0 Å². The number of phosphoric acid groups is 3. The number of thioether (sulfide) groups is 1. The first-order valence-corrected chi connectivity index (χ1v) is 28.4. The second kappa shape index (κ2) is 30.2. The Labute approximate surface area is 406 Å². The Balaban J connectivity index is 1.28. The van der Waals surface area contributed by atoms with Gasteiger partial charge in [0.15, 0.2) is 22.8 Å². The molecule has 0 spiro atoms. The van der Waals surface area contributed by atoms with Crippen LogP contribution in [0.4, 0.5) is 5.82 Å². The third kappa shape index (κ3) is 23.0. The van der Waals surface area contributed by atoms with E-state index in [0.717, 1.165) is 67.5 Å². The number of fused-ring (bicyclic) bond motifs is 1. The summed E-state index contributed by atoms with van der Waals surface area (Å²) in [4.78, 5) is 88.4. The molecule has 2 amide bonds. The number of amides is 2. The van der Waals surface area contributed by atoms with E-state index in [2.05, 4.69) is 65.6 Å². The molecule has 3 heterocycles. The van der Waals surface area contributed by atoms with Gasteiger partial charge in [0.25, 0.3) is 0 Å². The molecule has 7 atom stereocenters. The predicted molar refractivity (Wildman–Crippen MR) is 256 cm³/mol. The van der Waals surface area contributed by atoms with Gasteiger partial charge >= 0.3 is 23.5 Å². The largest absolute Gasteiger partial charge is 0.481 e. The molecule has 28 heteroatoms. The number of nitrogens with zero attached hydrogens (tertiary/aromatic N) is 4. The number of nitrogens with two attached hydrogens (primary N) is 1. The van der Waals surface area contributed by atoms with Gasteiger partial charge in [-0.25, -0.2) is 28.6 Å². The highest BCUT2D eigenvalue weighted by atomic mass is 32.2. The van der Waals surface area contributed by atoms with Crippen molar-refractivity contribution in [3.8, 4) is 0 Å². The number of phosphoric ester groups is 3. The van der Waals surface area contributed by atoms with Crippen molar-refractivity contribution in [1.82, 2.24) is 30.2 Å². The van der Waals surface area contributed by atoms with Crippen LogP contribution in [0, 0.1) is 5.41 Å². The Bertz CT molecular complexity index is 2130. The molecular weight excluding hydrogens is 987 g/mol. The van der Waals surface area contributed by atoms with Crippen molar-refractivity contribution in [3.63, 3.8) is 0 Å². The van der Waals surface area contributed by atoms with E-state index in [4.69, 9.17) is 19.5 Å². The molecule has 2 aromatic rings. The lowest BCUT2D eigenvalue weighted by molar-refractivity contribution is -0.137. The average molecular weight is 1060 g/mol. The first kappa shape index (κ1) is 60.3. The first-order chi connectivity index (χ1) is 32.6. The van der Waals surface area contributed by atoms with Gasteiger partial charge < -0.3 is 50.9 Å². The Hall–Kier alpha value is -2.96. The SMILES string of the molecule is CCCCC/C=C\C/C=C\CCCCCCCCCC(=O)SCCNC(=O)CCNC(=O)[C@H](O)C(C)(C)COP(=O)(O)OP(=O)(O)OC[C@H]1O[C@@H](n2cnc3c(N)ncnc32)C(O)C1OP(=O)(O)O. The average Bonchev–Trinajstić information content (AvgIpc) is 3.84. The van der Waals surface area contributed by atoms with Gasteiger partial charge in [-0.15, -0.1) is 0 Å². The highest BCUT2D eigenvalue weighted by molar-refractivity contribution is 8.13. The lowest BCUT2D eigenvalue weighted by atomic mass is 9.87. The second-order valence-corrected chi connectivity index (χ2v) is 22.4. The molecule has 1 aliphatic heterocycles. The molecule has 0 saturated carbocycles. The second-order valence-electron chi connectivity index (χ2n) is 17.0. The number of aromatic nitrogens is 4. The zero-order valence-corrected chi connectivity index (χ0v) is 42.8. The van der Waals surface area contributed by atoms with Gasteiger partial charge in [0.1, 0.15) is 36.3 Å². The maximum absolute atomic E-state index is 12.7. The molecule has 1 fully saturated rings. The minimum absolute atomic E-state index is 0.0327. The molecule has 1 saturated heterocycles. The lowest BCUT2D eigenvalue weighted by Crippen LogP contribution is -2.46. The van der Waals surface area contributed by atoms with Gasteiger partial charge in [-0.3, -0.25) is 32.5 Å². The van der Waals surface area contributed by atoms with Crippen molar-refractivity contribution < 1.29 is 80.5 Å². The number of rotatable bonds is 35. The van der Waals surface area contributed by atoms with Gasteiger partial charge in [-0.2, -0.15) is 4.31 Å². The summed E-state index contributed by atoms with van der Waals surface area (Å²) < 4.78 is 62.5. The zero-order valence-electron chi connectivity index (χ0n) is 39.3. The third-order valence-electron chi connectivity index (χ3n) is 10.6. The first-order valence-electron chi connectivity index (χ1n) is 22.9. The molecule has 3 rings (SSSR count). The fourth-order valence-electron chi connectivity index (χ4n) is 6.80. The van der Waals surface area contributed by atoms with Crippen LogP contribution in [0.15, 0.2) is 37.0 Å². The number of hydrogen-bond donors (Lipinski definition) is 9. The predicted octanol–water partition coefficient (Wildman–Crippen LogP) is 5.26. The maximum Gasteiger partial charge on any atom is 0.481 e. The van der Waals surface area contributed by atoms with Gasteiger partial charge in [0.05, 0.1) is 19.5 Å². The topological polar surface area (TPSA) is 364 Å². The Morgan fingerprint density at radius 3 is 2.19 bits per heavy atom. The van der Waals surface area contributed by atoms with Crippen molar-refractivity contribution in [2.45, 2.75) is 148 Å². The summed E-state index contributed by atoms with van der Waals surface area (Å²) in [6.07, 6.45) is 17.4. The van der Waals surface area contributed by atoms with Gasteiger partial charge in [-0.05, 0) is 38.5 Å². The number of allylic oxidation sites excluding steroid dienone is 4. The standard InChI is InChI=1S/C41H70N7O17P3S/c1-4-5-6-7-8-9-10-11-12-13-14-15-16-17-18-19-20-21-32(50)69-25-24-43-31(49)22-23-44-39(53)36(52)41(2,3)27-62-68(59,60)65-67(57,58)61-26-30-35(64-66(54,55)56)34(51)40(63-30)48-29-47-33-37(42)45-28-46-38(33)48/h8-9,11-12,28-30,34-36,40,51-52H,4-7,10,13-27H2,1-3H3,(H,43,49)(H,44,53)(H,57,58)(H,59,60)(H2,42,45,46)(H2,54,55,56)/b9-8-,12-11-/t30-,34?,35?,36+,40-/m1/s1. The van der Waals surface area contributed by atoms with E-state index >= 15 is 0 Å².